The zero-order valence-electron chi connectivity index (χ0n) is 13.8. The molecule has 0 aromatic carbocycles. The molecule has 4 aliphatic carbocycles. The van der Waals surface area contributed by atoms with Crippen molar-refractivity contribution in [3.05, 3.63) is 12.2 Å². The fraction of sp³-hybridized carbons (Fsp3) is 0.824. The highest BCUT2D eigenvalue weighted by atomic mass is 16.2. The van der Waals surface area contributed by atoms with Crippen molar-refractivity contribution in [1.82, 2.24) is 20.5 Å². The molecule has 5 atom stereocenters. The number of nitrogens with one attached hydrogen (secondary N) is 2. The molecule has 0 spiro atoms. The van der Waals surface area contributed by atoms with Gasteiger partial charge in [0, 0.05) is 0 Å². The Bertz CT molecular complexity index is 578. The molecule has 4 bridgehead atoms. The first kappa shape index (κ1) is 14.2. The normalized spacial score (nSPS) is 44.0. The Hall–Kier alpha value is -1.39. The minimum atomic E-state index is -0.156. The van der Waals surface area contributed by atoms with Gasteiger partial charge in [0.2, 0.25) is 5.91 Å². The van der Waals surface area contributed by atoms with Crippen LogP contribution in [0.5, 0.6) is 0 Å². The molecule has 0 radical (unpaired) electrons. The van der Waals surface area contributed by atoms with Gasteiger partial charge < -0.3 is 5.32 Å². The van der Waals surface area contributed by atoms with Gasteiger partial charge in [-0.25, -0.2) is 4.98 Å². The summed E-state index contributed by atoms with van der Waals surface area (Å²) in [7, 11) is 0. The molecule has 5 heteroatoms. The monoisotopic (exact) mass is 302 g/mol. The van der Waals surface area contributed by atoms with E-state index in [0.717, 1.165) is 31.0 Å². The maximum atomic E-state index is 13.1. The molecule has 4 saturated carbocycles. The molecule has 5 rings (SSSR count). The van der Waals surface area contributed by atoms with E-state index in [1.54, 1.807) is 0 Å². The minimum absolute atomic E-state index is 0.108. The number of carbonyl (C=O) groups is 1. The van der Waals surface area contributed by atoms with Gasteiger partial charge in [-0.1, -0.05) is 13.8 Å². The molecule has 1 amide bonds. The Balaban J connectivity index is 1.57. The molecule has 5 nitrogen and oxygen atoms in total. The molecule has 22 heavy (non-hydrogen) atoms. The zero-order valence-corrected chi connectivity index (χ0v) is 13.8. The molecule has 0 aliphatic heterocycles. The van der Waals surface area contributed by atoms with Crippen LogP contribution in [0.1, 0.15) is 71.2 Å². The van der Waals surface area contributed by atoms with Crippen LogP contribution < -0.4 is 5.32 Å². The Labute approximate surface area is 131 Å². The average molecular weight is 302 g/mol. The van der Waals surface area contributed by atoms with Crippen LogP contribution in [0.25, 0.3) is 0 Å². The summed E-state index contributed by atoms with van der Waals surface area (Å²) in [5.41, 5.74) is 0.569. The number of hydrogen-bond acceptors (Lipinski definition) is 3. The van der Waals surface area contributed by atoms with Crippen molar-refractivity contribution >= 4 is 5.91 Å². The second-order valence-electron chi connectivity index (χ2n) is 8.98. The SMILES string of the molecule is C[C@@H](NC(=O)C12CC3C[C@@](C)(C1)C[C@](C)(C3)C2)c1ncn[nH]1. The summed E-state index contributed by atoms with van der Waals surface area (Å²) < 4.78 is 0. The Kier molecular flexibility index (Phi) is 2.80. The third-order valence-corrected chi connectivity index (χ3v) is 6.30. The summed E-state index contributed by atoms with van der Waals surface area (Å²) in [6, 6.07) is -0.108. The quantitative estimate of drug-likeness (QED) is 0.901. The molecule has 1 heterocycles. The maximum Gasteiger partial charge on any atom is 0.226 e. The lowest BCUT2D eigenvalue weighted by molar-refractivity contribution is -0.170. The molecular weight excluding hydrogens is 276 g/mol. The Morgan fingerprint density at radius 3 is 2.50 bits per heavy atom. The van der Waals surface area contributed by atoms with Crippen LogP contribution in [0.15, 0.2) is 6.33 Å². The van der Waals surface area contributed by atoms with Crippen molar-refractivity contribution in [3.8, 4) is 0 Å². The van der Waals surface area contributed by atoms with Crippen LogP contribution in [0, 0.1) is 22.2 Å². The first-order valence-electron chi connectivity index (χ1n) is 8.48. The Morgan fingerprint density at radius 2 is 1.95 bits per heavy atom. The first-order valence-corrected chi connectivity index (χ1v) is 8.48. The van der Waals surface area contributed by atoms with Crippen molar-refractivity contribution in [2.45, 2.75) is 65.3 Å². The van der Waals surface area contributed by atoms with Gasteiger partial charge in [0.1, 0.15) is 12.2 Å². The lowest BCUT2D eigenvalue weighted by Gasteiger charge is -2.64. The average Bonchev–Trinajstić information content (AvgIpc) is 2.87. The molecule has 0 saturated heterocycles. The van der Waals surface area contributed by atoms with Crippen molar-refractivity contribution in [2.24, 2.45) is 22.2 Å². The van der Waals surface area contributed by atoms with Gasteiger partial charge in [-0.05, 0) is 62.2 Å². The van der Waals surface area contributed by atoms with E-state index in [-0.39, 0.29) is 17.4 Å². The molecule has 120 valence electrons. The number of carbonyl (C=O) groups excluding carboxylic acids is 1. The lowest BCUT2D eigenvalue weighted by atomic mass is 9.40. The van der Waals surface area contributed by atoms with Gasteiger partial charge in [0.05, 0.1) is 11.5 Å². The zero-order chi connectivity index (χ0) is 15.6. The van der Waals surface area contributed by atoms with E-state index < -0.39 is 0 Å². The fourth-order valence-corrected chi connectivity index (χ4v) is 6.54. The van der Waals surface area contributed by atoms with Crippen LogP contribution in [0.2, 0.25) is 0 Å². The van der Waals surface area contributed by atoms with Crippen LogP contribution in [-0.2, 0) is 4.79 Å². The van der Waals surface area contributed by atoms with Gasteiger partial charge in [-0.15, -0.1) is 0 Å². The second-order valence-corrected chi connectivity index (χ2v) is 8.98. The molecule has 1 aromatic rings. The first-order chi connectivity index (χ1) is 10.3. The highest BCUT2D eigenvalue weighted by Crippen LogP contribution is 2.69. The molecular formula is C17H26N4O. The summed E-state index contributed by atoms with van der Waals surface area (Å²) >= 11 is 0. The van der Waals surface area contributed by atoms with E-state index >= 15 is 0 Å². The highest BCUT2D eigenvalue weighted by Gasteiger charge is 2.62. The van der Waals surface area contributed by atoms with Crippen LogP contribution in [0.3, 0.4) is 0 Å². The number of amides is 1. The third kappa shape index (κ3) is 2.09. The highest BCUT2D eigenvalue weighted by molar-refractivity contribution is 5.83. The summed E-state index contributed by atoms with van der Waals surface area (Å²) in [4.78, 5) is 17.3. The largest absolute Gasteiger partial charge is 0.346 e. The van der Waals surface area contributed by atoms with E-state index in [4.69, 9.17) is 0 Å². The molecule has 4 fully saturated rings. The Morgan fingerprint density at radius 1 is 1.27 bits per heavy atom. The van der Waals surface area contributed by atoms with Gasteiger partial charge >= 0.3 is 0 Å². The van der Waals surface area contributed by atoms with Crippen LogP contribution >= 0.6 is 0 Å². The summed E-state index contributed by atoms with van der Waals surface area (Å²) in [5.74, 6) is 1.70. The third-order valence-electron chi connectivity index (χ3n) is 6.30. The van der Waals surface area contributed by atoms with Crippen LogP contribution in [-0.4, -0.2) is 21.1 Å². The predicted octanol–water partition coefficient (Wildman–Crippen LogP) is 2.98. The van der Waals surface area contributed by atoms with Gasteiger partial charge in [0.25, 0.3) is 0 Å². The summed E-state index contributed by atoms with van der Waals surface area (Å²) in [5, 5.41) is 9.93. The standard InChI is InChI=1S/C17H26N4O/c1-11(13-18-10-19-21-13)20-14(22)17-6-12-4-15(2,8-17)7-16(3,5-12)9-17/h10-12H,4-9H2,1-3H3,(H,20,22)(H,18,19,21)/t11-,12?,15-,16+,17?/m1/s1. The van der Waals surface area contributed by atoms with E-state index in [1.807, 2.05) is 6.92 Å². The smallest absolute Gasteiger partial charge is 0.226 e. The second kappa shape index (κ2) is 4.33. The van der Waals surface area contributed by atoms with E-state index in [1.165, 1.54) is 25.6 Å². The van der Waals surface area contributed by atoms with Crippen molar-refractivity contribution in [1.29, 1.82) is 0 Å². The number of hydrogen-bond donors (Lipinski definition) is 2. The van der Waals surface area contributed by atoms with Crippen molar-refractivity contribution < 1.29 is 4.79 Å². The van der Waals surface area contributed by atoms with Crippen molar-refractivity contribution in [3.63, 3.8) is 0 Å². The van der Waals surface area contributed by atoms with E-state index in [9.17, 15) is 4.79 Å². The molecule has 2 unspecified atom stereocenters. The van der Waals surface area contributed by atoms with Gasteiger partial charge in [-0.2, -0.15) is 5.10 Å². The lowest BCUT2D eigenvalue weighted by Crippen LogP contribution is -2.60. The van der Waals surface area contributed by atoms with E-state index in [0.29, 0.717) is 10.8 Å². The van der Waals surface area contributed by atoms with Crippen LogP contribution in [0.4, 0.5) is 0 Å². The number of aromatic nitrogens is 3. The minimum Gasteiger partial charge on any atom is -0.346 e. The van der Waals surface area contributed by atoms with E-state index in [2.05, 4.69) is 34.3 Å². The number of aromatic amines is 1. The maximum absolute atomic E-state index is 13.1. The number of rotatable bonds is 3. The molecule has 1 aromatic heterocycles. The summed E-state index contributed by atoms with van der Waals surface area (Å²) in [6.07, 6.45) is 8.60. The van der Waals surface area contributed by atoms with Gasteiger partial charge in [0.15, 0.2) is 0 Å². The van der Waals surface area contributed by atoms with Gasteiger partial charge in [-0.3, -0.25) is 9.89 Å². The molecule has 2 N–H and O–H groups in total. The fourth-order valence-electron chi connectivity index (χ4n) is 6.54. The summed E-state index contributed by atoms with van der Waals surface area (Å²) in [6.45, 7) is 6.78. The topological polar surface area (TPSA) is 70.7 Å². The number of H-pyrrole nitrogens is 1. The molecule has 4 aliphatic rings. The predicted molar refractivity (Wildman–Crippen MR) is 82.8 cm³/mol. The van der Waals surface area contributed by atoms with Crippen molar-refractivity contribution in [2.75, 3.05) is 0 Å². The number of nitrogens with zero attached hydrogens (tertiary/aromatic N) is 2.